The summed E-state index contributed by atoms with van der Waals surface area (Å²) in [6, 6.07) is 17.5. The Hall–Kier alpha value is -4.46. The van der Waals surface area contributed by atoms with Crippen molar-refractivity contribution in [2.45, 2.75) is 30.8 Å². The van der Waals surface area contributed by atoms with Crippen molar-refractivity contribution < 1.29 is 32.5 Å². The molecule has 10 heteroatoms. The highest BCUT2D eigenvalue weighted by atomic mass is 32.2. The Morgan fingerprint density at radius 3 is 2.25 bits per heavy atom. The van der Waals surface area contributed by atoms with Crippen molar-refractivity contribution in [2.24, 2.45) is 0 Å². The van der Waals surface area contributed by atoms with Gasteiger partial charge in [-0.25, -0.2) is 8.42 Å². The number of carboxylic acid groups (broad SMARTS) is 1. The minimum Gasteiger partial charge on any atom is -0.497 e. The number of hydrogen-bond acceptors (Lipinski definition) is 6. The number of aliphatic carboxylic acids is 1. The summed E-state index contributed by atoms with van der Waals surface area (Å²) in [6.07, 6.45) is 1.77. The quantitative estimate of drug-likeness (QED) is 0.250. The van der Waals surface area contributed by atoms with E-state index in [1.807, 2.05) is 53.2 Å². The number of hydrogen-bond donors (Lipinski definition) is 2. The minimum atomic E-state index is -4.14. The molecule has 208 valence electrons. The highest BCUT2D eigenvalue weighted by molar-refractivity contribution is 7.89. The fourth-order valence-electron chi connectivity index (χ4n) is 4.26. The van der Waals surface area contributed by atoms with Gasteiger partial charge in [0.05, 0.1) is 19.1 Å². The van der Waals surface area contributed by atoms with Gasteiger partial charge >= 0.3 is 5.97 Å². The van der Waals surface area contributed by atoms with Gasteiger partial charge in [0.1, 0.15) is 29.9 Å². The molecule has 0 aliphatic heterocycles. The Morgan fingerprint density at radius 1 is 0.975 bits per heavy atom. The van der Waals surface area contributed by atoms with Crippen molar-refractivity contribution in [1.82, 2.24) is 9.29 Å². The molecule has 0 saturated carbocycles. The lowest BCUT2D eigenvalue weighted by atomic mass is 10.1. The summed E-state index contributed by atoms with van der Waals surface area (Å²) in [5, 5.41) is 10.7. The fourth-order valence-corrected chi connectivity index (χ4v) is 5.45. The standard InChI is InChI=1S/C30H30N2O7S/c1-4-5-16-39-24-10-13-26(14-11-24)40(35,36)31-28(30(33)34)17-22-20-32(19-21-6-8-23(37-2)9-7-21)29-15-12-25(38-3)18-27(22)29/h6-15,18,20,28,31H,16-17,19H2,1-3H3,(H,33,34)/t28-/m0/s1. The van der Waals surface area contributed by atoms with Crippen LogP contribution in [0.15, 0.2) is 77.8 Å². The van der Waals surface area contributed by atoms with Gasteiger partial charge in [-0.3, -0.25) is 4.79 Å². The number of nitrogens with zero attached hydrogens (tertiary/aromatic N) is 1. The van der Waals surface area contributed by atoms with Crippen LogP contribution < -0.4 is 18.9 Å². The summed E-state index contributed by atoms with van der Waals surface area (Å²) in [7, 11) is -0.980. The normalized spacial score (nSPS) is 11.9. The smallest absolute Gasteiger partial charge is 0.322 e. The van der Waals surface area contributed by atoms with E-state index in [0.717, 1.165) is 22.2 Å². The van der Waals surface area contributed by atoms with Crippen molar-refractivity contribution in [2.75, 3.05) is 20.8 Å². The van der Waals surface area contributed by atoms with Crippen LogP contribution in [0.25, 0.3) is 10.9 Å². The number of fused-ring (bicyclic) bond motifs is 1. The van der Waals surface area contributed by atoms with Gasteiger partial charge in [0, 0.05) is 30.1 Å². The summed E-state index contributed by atoms with van der Waals surface area (Å²) in [5.74, 6) is 5.99. The van der Waals surface area contributed by atoms with E-state index in [2.05, 4.69) is 16.6 Å². The van der Waals surface area contributed by atoms with Crippen molar-refractivity contribution in [1.29, 1.82) is 0 Å². The molecule has 4 aromatic rings. The molecular weight excluding hydrogens is 532 g/mol. The number of carboxylic acids is 1. The van der Waals surface area contributed by atoms with Crippen LogP contribution in [0.3, 0.4) is 0 Å². The third kappa shape index (κ3) is 6.75. The van der Waals surface area contributed by atoms with E-state index >= 15 is 0 Å². The van der Waals surface area contributed by atoms with Gasteiger partial charge in [0.2, 0.25) is 10.0 Å². The maximum atomic E-state index is 13.1. The van der Waals surface area contributed by atoms with E-state index in [1.165, 1.54) is 24.3 Å². The maximum absolute atomic E-state index is 13.1. The van der Waals surface area contributed by atoms with Crippen molar-refractivity contribution in [3.63, 3.8) is 0 Å². The first-order valence-corrected chi connectivity index (χ1v) is 13.9. The predicted octanol–water partition coefficient (Wildman–Crippen LogP) is 4.08. The third-order valence-corrected chi connectivity index (χ3v) is 7.81. The van der Waals surface area contributed by atoms with Gasteiger partial charge in [-0.05, 0) is 72.6 Å². The average molecular weight is 563 g/mol. The van der Waals surface area contributed by atoms with Crippen LogP contribution in [0.2, 0.25) is 0 Å². The Morgan fingerprint density at radius 2 is 1.62 bits per heavy atom. The molecule has 0 aliphatic rings. The Balaban J connectivity index is 1.61. The van der Waals surface area contributed by atoms with E-state index in [-0.39, 0.29) is 17.9 Å². The van der Waals surface area contributed by atoms with Gasteiger partial charge < -0.3 is 23.9 Å². The molecule has 4 rings (SSSR count). The molecule has 0 bridgehead atoms. The van der Waals surface area contributed by atoms with Crippen LogP contribution in [-0.2, 0) is 27.8 Å². The average Bonchev–Trinajstić information content (AvgIpc) is 3.29. The lowest BCUT2D eigenvalue weighted by molar-refractivity contribution is -0.138. The second-order valence-electron chi connectivity index (χ2n) is 8.92. The molecular formula is C30H30N2O7S. The molecule has 40 heavy (non-hydrogen) atoms. The Labute approximate surface area is 233 Å². The lowest BCUT2D eigenvalue weighted by Crippen LogP contribution is -2.42. The van der Waals surface area contributed by atoms with Crippen LogP contribution in [-0.4, -0.2) is 50.9 Å². The number of ether oxygens (including phenoxy) is 3. The van der Waals surface area contributed by atoms with Crippen LogP contribution in [0, 0.1) is 11.8 Å². The molecule has 0 amide bonds. The van der Waals surface area contributed by atoms with Crippen molar-refractivity contribution in [3.8, 4) is 29.1 Å². The van der Waals surface area contributed by atoms with Gasteiger partial charge in [0.15, 0.2) is 0 Å². The van der Waals surface area contributed by atoms with E-state index in [9.17, 15) is 18.3 Å². The maximum Gasteiger partial charge on any atom is 0.322 e. The lowest BCUT2D eigenvalue weighted by Gasteiger charge is -2.15. The summed E-state index contributed by atoms with van der Waals surface area (Å²) >= 11 is 0. The summed E-state index contributed by atoms with van der Waals surface area (Å²) in [4.78, 5) is 12.2. The molecule has 0 saturated heterocycles. The molecule has 3 aromatic carbocycles. The molecule has 1 aromatic heterocycles. The van der Waals surface area contributed by atoms with E-state index in [0.29, 0.717) is 23.6 Å². The van der Waals surface area contributed by atoms with Gasteiger partial charge in [-0.1, -0.05) is 18.1 Å². The summed E-state index contributed by atoms with van der Waals surface area (Å²) in [5.41, 5.74) is 2.55. The molecule has 2 N–H and O–H groups in total. The molecule has 1 heterocycles. The number of rotatable bonds is 12. The van der Waals surface area contributed by atoms with Crippen molar-refractivity contribution in [3.05, 3.63) is 84.1 Å². The third-order valence-electron chi connectivity index (χ3n) is 6.32. The summed E-state index contributed by atoms with van der Waals surface area (Å²) in [6.45, 7) is 2.39. The highest BCUT2D eigenvalue weighted by Gasteiger charge is 2.27. The number of carbonyl (C=O) groups is 1. The fraction of sp³-hybridized carbons (Fsp3) is 0.233. The zero-order valence-corrected chi connectivity index (χ0v) is 23.2. The van der Waals surface area contributed by atoms with Gasteiger partial charge in [-0.2, -0.15) is 4.72 Å². The van der Waals surface area contributed by atoms with Gasteiger partial charge in [0.25, 0.3) is 0 Å². The van der Waals surface area contributed by atoms with E-state index in [4.69, 9.17) is 14.2 Å². The van der Waals surface area contributed by atoms with E-state index < -0.39 is 22.0 Å². The number of aromatic nitrogens is 1. The topological polar surface area (TPSA) is 116 Å². The van der Waals surface area contributed by atoms with E-state index in [1.54, 1.807) is 21.1 Å². The van der Waals surface area contributed by atoms with Gasteiger partial charge in [-0.15, -0.1) is 5.92 Å². The molecule has 0 unspecified atom stereocenters. The SMILES string of the molecule is CC#CCOc1ccc(S(=O)(=O)N[C@@H](Cc2cn(Cc3ccc(OC)cc3)c3ccc(OC)cc23)C(=O)O)cc1. The highest BCUT2D eigenvalue weighted by Crippen LogP contribution is 2.28. The zero-order chi connectivity index (χ0) is 28.7. The Bertz CT molecular complexity index is 1650. The molecule has 0 aliphatic carbocycles. The second kappa shape index (κ2) is 12.6. The summed E-state index contributed by atoms with van der Waals surface area (Å²) < 4.78 is 46.6. The molecule has 9 nitrogen and oxygen atoms in total. The Kier molecular flexibility index (Phi) is 8.99. The van der Waals surface area contributed by atoms with Crippen LogP contribution in [0.4, 0.5) is 0 Å². The first-order valence-electron chi connectivity index (χ1n) is 12.4. The first-order chi connectivity index (χ1) is 19.2. The van der Waals surface area contributed by atoms with Crippen LogP contribution >= 0.6 is 0 Å². The van der Waals surface area contributed by atoms with Crippen LogP contribution in [0.5, 0.6) is 17.2 Å². The zero-order valence-electron chi connectivity index (χ0n) is 22.4. The molecule has 1 atom stereocenters. The monoisotopic (exact) mass is 562 g/mol. The minimum absolute atomic E-state index is 0.0729. The number of nitrogens with one attached hydrogen (secondary N) is 1. The molecule has 0 spiro atoms. The largest absolute Gasteiger partial charge is 0.497 e. The second-order valence-corrected chi connectivity index (χ2v) is 10.6. The molecule has 0 radical (unpaired) electrons. The number of sulfonamides is 1. The number of methoxy groups -OCH3 is 2. The van der Waals surface area contributed by atoms with Crippen molar-refractivity contribution >= 4 is 26.9 Å². The van der Waals surface area contributed by atoms with Crippen LogP contribution in [0.1, 0.15) is 18.1 Å². The predicted molar refractivity (Wildman–Crippen MR) is 151 cm³/mol. The number of benzene rings is 3. The molecule has 0 fully saturated rings. The first kappa shape index (κ1) is 28.5.